The van der Waals surface area contributed by atoms with Gasteiger partial charge >= 0.3 is 5.97 Å². The van der Waals surface area contributed by atoms with Crippen molar-refractivity contribution >= 4 is 46.5 Å². The smallest absolute Gasteiger partial charge is 0.314 e. The second-order valence-electron chi connectivity index (χ2n) is 7.86. The fourth-order valence-corrected chi connectivity index (χ4v) is 3.33. The summed E-state index contributed by atoms with van der Waals surface area (Å²) < 4.78 is 5.02. The molecule has 1 atom stereocenters. The Hall–Kier alpha value is -2.96. The molecule has 0 fully saturated rings. The summed E-state index contributed by atoms with van der Waals surface area (Å²) in [6.07, 6.45) is -6.80. The molecule has 0 amide bonds. The van der Waals surface area contributed by atoms with E-state index in [-0.39, 0.29) is 0 Å². The van der Waals surface area contributed by atoms with E-state index in [1.807, 2.05) is 0 Å². The van der Waals surface area contributed by atoms with Crippen molar-refractivity contribution in [2.45, 2.75) is 65.1 Å². The number of ketones is 7. The molecule has 0 aromatic rings. The standard InChI is InChI=1S/C21H28O12/c1-11(24)5-15(28)19(32)20(9-22,10-23)21(16(29)6-12(2)25,17(30)7-13(3)26)33-18(31)8-14(4)27/h19,22-23,32H,5-10H2,1-4H3. The molecule has 33 heavy (non-hydrogen) atoms. The summed E-state index contributed by atoms with van der Waals surface area (Å²) in [6.45, 7) is 0.725. The monoisotopic (exact) mass is 472 g/mol. The van der Waals surface area contributed by atoms with E-state index in [0.717, 1.165) is 27.7 Å². The van der Waals surface area contributed by atoms with Gasteiger partial charge < -0.3 is 20.1 Å². The molecule has 0 bridgehead atoms. The molecule has 184 valence electrons. The van der Waals surface area contributed by atoms with Crippen LogP contribution in [-0.4, -0.2) is 86.7 Å². The van der Waals surface area contributed by atoms with Gasteiger partial charge in [0.05, 0.1) is 32.5 Å². The van der Waals surface area contributed by atoms with Crippen LogP contribution < -0.4 is 0 Å². The molecular formula is C21H28O12. The maximum absolute atomic E-state index is 13.2. The molecule has 0 aliphatic rings. The highest BCUT2D eigenvalue weighted by Crippen LogP contribution is 2.42. The fourth-order valence-electron chi connectivity index (χ4n) is 3.33. The molecule has 12 nitrogen and oxygen atoms in total. The van der Waals surface area contributed by atoms with Gasteiger partial charge in [-0.2, -0.15) is 0 Å². The van der Waals surface area contributed by atoms with Crippen LogP contribution in [0.2, 0.25) is 0 Å². The summed E-state index contributed by atoms with van der Waals surface area (Å²) in [5.41, 5.74) is -6.41. The van der Waals surface area contributed by atoms with Crippen LogP contribution in [0, 0.1) is 5.41 Å². The Morgan fingerprint density at radius 3 is 1.33 bits per heavy atom. The Bertz CT molecular complexity index is 821. The molecule has 0 saturated carbocycles. The molecule has 12 heteroatoms. The van der Waals surface area contributed by atoms with Crippen molar-refractivity contribution in [3.63, 3.8) is 0 Å². The first-order valence-electron chi connectivity index (χ1n) is 9.79. The summed E-state index contributed by atoms with van der Waals surface area (Å²) in [5.74, 6) is -9.22. The largest absolute Gasteiger partial charge is 0.442 e. The SMILES string of the molecule is CC(=O)CC(=O)OC(C(=O)CC(C)=O)(C(=O)CC(C)=O)C(CO)(CO)C(O)C(=O)CC(C)=O. The van der Waals surface area contributed by atoms with Crippen molar-refractivity contribution in [2.75, 3.05) is 13.2 Å². The Labute approximate surface area is 189 Å². The summed E-state index contributed by atoms with van der Waals surface area (Å²) in [4.78, 5) is 97.4. The lowest BCUT2D eigenvalue weighted by Crippen LogP contribution is -2.71. The number of aliphatic hydroxyl groups is 3. The molecule has 0 aromatic heterocycles. The zero-order valence-electron chi connectivity index (χ0n) is 18.8. The number of carbonyl (C=O) groups excluding carboxylic acids is 8. The Morgan fingerprint density at radius 2 is 1.03 bits per heavy atom. The Kier molecular flexibility index (Phi) is 11.2. The van der Waals surface area contributed by atoms with Gasteiger partial charge in [-0.15, -0.1) is 0 Å². The van der Waals surface area contributed by atoms with E-state index in [2.05, 4.69) is 0 Å². The van der Waals surface area contributed by atoms with Crippen molar-refractivity contribution in [1.29, 1.82) is 0 Å². The van der Waals surface area contributed by atoms with Gasteiger partial charge in [0.1, 0.15) is 41.1 Å². The third-order valence-electron chi connectivity index (χ3n) is 4.78. The molecule has 0 aromatic carbocycles. The average Bonchev–Trinajstić information content (AvgIpc) is 2.65. The predicted octanol–water partition coefficient (Wildman–Crippen LogP) is -1.78. The van der Waals surface area contributed by atoms with E-state index in [1.165, 1.54) is 0 Å². The van der Waals surface area contributed by atoms with Crippen LogP contribution in [0.15, 0.2) is 0 Å². The summed E-state index contributed by atoms with van der Waals surface area (Å²) in [7, 11) is 0. The van der Waals surface area contributed by atoms with Crippen molar-refractivity contribution in [3.05, 3.63) is 0 Å². The normalized spacial score (nSPS) is 12.5. The minimum atomic E-state index is -3.41. The maximum Gasteiger partial charge on any atom is 0.314 e. The number of hydrogen-bond donors (Lipinski definition) is 3. The topological polar surface area (TPSA) is 206 Å². The van der Waals surface area contributed by atoms with Gasteiger partial charge in [0, 0.05) is 0 Å². The van der Waals surface area contributed by atoms with E-state index in [1.54, 1.807) is 0 Å². The third-order valence-corrected chi connectivity index (χ3v) is 4.78. The third kappa shape index (κ3) is 7.01. The summed E-state index contributed by atoms with van der Waals surface area (Å²) in [6, 6.07) is 0. The van der Waals surface area contributed by atoms with Crippen LogP contribution in [0.4, 0.5) is 0 Å². The number of hydrogen-bond acceptors (Lipinski definition) is 12. The molecule has 0 radical (unpaired) electrons. The van der Waals surface area contributed by atoms with E-state index in [0.29, 0.717) is 0 Å². The number of esters is 1. The van der Waals surface area contributed by atoms with E-state index in [4.69, 9.17) is 4.74 Å². The molecule has 0 aliphatic carbocycles. The molecule has 0 heterocycles. The van der Waals surface area contributed by atoms with Crippen LogP contribution in [0.3, 0.4) is 0 Å². The number of rotatable bonds is 16. The summed E-state index contributed by atoms with van der Waals surface area (Å²) >= 11 is 0. The van der Waals surface area contributed by atoms with Gasteiger partial charge in [-0.05, 0) is 27.7 Å². The number of Topliss-reactive ketones (excluding diaryl/α,β-unsaturated/α-hetero) is 7. The number of carbonyl (C=O) groups is 8. The molecule has 0 spiro atoms. The maximum atomic E-state index is 13.2. The molecule has 0 rings (SSSR count). The van der Waals surface area contributed by atoms with Crippen LogP contribution in [0.1, 0.15) is 53.4 Å². The lowest BCUT2D eigenvalue weighted by atomic mass is 9.62. The van der Waals surface area contributed by atoms with Gasteiger partial charge in [-0.25, -0.2) is 0 Å². The lowest BCUT2D eigenvalue weighted by Gasteiger charge is -2.47. The van der Waals surface area contributed by atoms with E-state index in [9.17, 15) is 53.7 Å². The predicted molar refractivity (Wildman–Crippen MR) is 108 cm³/mol. The second kappa shape index (κ2) is 12.3. The van der Waals surface area contributed by atoms with Gasteiger partial charge in [0.25, 0.3) is 0 Å². The van der Waals surface area contributed by atoms with Crippen LogP contribution in [0.5, 0.6) is 0 Å². The minimum Gasteiger partial charge on any atom is -0.442 e. The fraction of sp³-hybridized carbons (Fsp3) is 0.619. The van der Waals surface area contributed by atoms with Crippen molar-refractivity contribution < 1.29 is 58.4 Å². The lowest BCUT2D eigenvalue weighted by molar-refractivity contribution is -0.212. The van der Waals surface area contributed by atoms with Crippen LogP contribution >= 0.6 is 0 Å². The van der Waals surface area contributed by atoms with Gasteiger partial charge in [0.15, 0.2) is 17.3 Å². The zero-order chi connectivity index (χ0) is 26.1. The Morgan fingerprint density at radius 1 is 0.667 bits per heavy atom. The second-order valence-corrected chi connectivity index (χ2v) is 7.86. The van der Waals surface area contributed by atoms with Gasteiger partial charge in [-0.3, -0.25) is 38.4 Å². The minimum absolute atomic E-state index is 0.756. The molecule has 1 unspecified atom stereocenters. The van der Waals surface area contributed by atoms with Gasteiger partial charge in [0.2, 0.25) is 5.60 Å². The Balaban J connectivity index is 7.29. The van der Waals surface area contributed by atoms with E-state index < -0.39 is 102 Å². The summed E-state index contributed by atoms with van der Waals surface area (Å²) in [5, 5.41) is 31.0. The van der Waals surface area contributed by atoms with Crippen molar-refractivity contribution in [3.8, 4) is 0 Å². The highest BCUT2D eigenvalue weighted by molar-refractivity contribution is 6.21. The highest BCUT2D eigenvalue weighted by atomic mass is 16.6. The van der Waals surface area contributed by atoms with Crippen molar-refractivity contribution in [1.82, 2.24) is 0 Å². The number of ether oxygens (including phenoxy) is 1. The average molecular weight is 472 g/mol. The molecule has 3 N–H and O–H groups in total. The van der Waals surface area contributed by atoms with Crippen LogP contribution in [-0.2, 0) is 43.1 Å². The molecule has 0 saturated heterocycles. The molecular weight excluding hydrogens is 444 g/mol. The first-order valence-corrected chi connectivity index (χ1v) is 9.79. The first-order chi connectivity index (χ1) is 15.1. The van der Waals surface area contributed by atoms with Crippen LogP contribution in [0.25, 0.3) is 0 Å². The van der Waals surface area contributed by atoms with E-state index >= 15 is 0 Å². The van der Waals surface area contributed by atoms with Crippen molar-refractivity contribution in [2.24, 2.45) is 5.41 Å². The highest BCUT2D eigenvalue weighted by Gasteiger charge is 2.67. The molecule has 0 aliphatic heterocycles. The quantitative estimate of drug-likeness (QED) is 0.168. The number of aliphatic hydroxyl groups excluding tert-OH is 3. The van der Waals surface area contributed by atoms with Gasteiger partial charge in [-0.1, -0.05) is 0 Å². The zero-order valence-corrected chi connectivity index (χ0v) is 18.8. The first kappa shape index (κ1) is 30.0.